The summed E-state index contributed by atoms with van der Waals surface area (Å²) in [7, 11) is -3.82. The molecular weight excluding hydrogens is 434 g/mol. The molecule has 31 heavy (non-hydrogen) atoms. The number of sulfonamides is 1. The van der Waals surface area contributed by atoms with E-state index in [4.69, 9.17) is 4.52 Å². The van der Waals surface area contributed by atoms with E-state index in [1.165, 1.54) is 4.31 Å². The van der Waals surface area contributed by atoms with Crippen molar-refractivity contribution < 1.29 is 17.7 Å². The standard InChI is InChI=1S/C22H29N3O4S2/c1-16-9-12-24(13-10-16)22(26)18-5-3-11-25(15-18)31(27,28)21-17(2)23-29-20(21)8-7-19-6-4-14-30-19/h4,6-8,14,16,18H,3,5,9-13,15H2,1-2H3. The molecule has 168 valence electrons. The molecule has 2 fully saturated rings. The minimum atomic E-state index is -3.82. The molecular formula is C22H29N3O4S2. The Bertz CT molecular complexity index is 1040. The highest BCUT2D eigenvalue weighted by atomic mass is 32.2. The quantitative estimate of drug-likeness (QED) is 0.672. The number of piperidine rings is 2. The molecule has 2 aliphatic heterocycles. The zero-order chi connectivity index (χ0) is 22.0. The lowest BCUT2D eigenvalue weighted by atomic mass is 9.94. The van der Waals surface area contributed by atoms with Gasteiger partial charge in [0.05, 0.1) is 5.92 Å². The predicted octanol–water partition coefficient (Wildman–Crippen LogP) is 3.87. The van der Waals surface area contributed by atoms with E-state index in [0.29, 0.717) is 24.6 Å². The SMILES string of the molecule is Cc1noc(C=Cc2cccs2)c1S(=O)(=O)N1CCCC(C(=O)N2CCC(C)CC2)C1. The van der Waals surface area contributed by atoms with Gasteiger partial charge in [-0.25, -0.2) is 8.42 Å². The van der Waals surface area contributed by atoms with Crippen LogP contribution in [0, 0.1) is 18.8 Å². The van der Waals surface area contributed by atoms with Crippen molar-refractivity contribution in [1.82, 2.24) is 14.4 Å². The van der Waals surface area contributed by atoms with E-state index in [1.807, 2.05) is 28.5 Å². The maximum Gasteiger partial charge on any atom is 0.248 e. The number of thiophene rings is 1. The number of nitrogens with zero attached hydrogens (tertiary/aromatic N) is 3. The molecule has 0 N–H and O–H groups in total. The van der Waals surface area contributed by atoms with E-state index in [2.05, 4.69) is 12.1 Å². The molecule has 1 unspecified atom stereocenters. The summed E-state index contributed by atoms with van der Waals surface area (Å²) >= 11 is 1.56. The fraction of sp³-hybridized carbons (Fsp3) is 0.545. The first kappa shape index (κ1) is 22.2. The maximum absolute atomic E-state index is 13.5. The van der Waals surface area contributed by atoms with Gasteiger partial charge in [-0.05, 0) is 62.1 Å². The molecule has 0 radical (unpaired) electrons. The molecule has 2 aliphatic rings. The van der Waals surface area contributed by atoms with Gasteiger partial charge < -0.3 is 9.42 Å². The lowest BCUT2D eigenvalue weighted by Crippen LogP contribution is -2.48. The lowest BCUT2D eigenvalue weighted by Gasteiger charge is -2.36. The van der Waals surface area contributed by atoms with Crippen LogP contribution in [-0.4, -0.2) is 54.9 Å². The first-order valence-corrected chi connectivity index (χ1v) is 13.1. The highest BCUT2D eigenvalue weighted by Gasteiger charge is 2.38. The van der Waals surface area contributed by atoms with E-state index in [9.17, 15) is 13.2 Å². The van der Waals surface area contributed by atoms with Gasteiger partial charge >= 0.3 is 0 Å². The average Bonchev–Trinajstić information content (AvgIpc) is 3.42. The molecule has 0 aliphatic carbocycles. The van der Waals surface area contributed by atoms with Gasteiger partial charge in [0.15, 0.2) is 10.7 Å². The van der Waals surface area contributed by atoms with Crippen LogP contribution in [0.4, 0.5) is 0 Å². The summed E-state index contributed by atoms with van der Waals surface area (Å²) < 4.78 is 33.8. The molecule has 7 nitrogen and oxygen atoms in total. The van der Waals surface area contributed by atoms with E-state index in [1.54, 1.807) is 24.3 Å². The summed E-state index contributed by atoms with van der Waals surface area (Å²) in [4.78, 5) is 16.1. The summed E-state index contributed by atoms with van der Waals surface area (Å²) in [6.07, 6.45) is 6.90. The number of hydrogen-bond acceptors (Lipinski definition) is 6. The van der Waals surface area contributed by atoms with Gasteiger partial charge in [0, 0.05) is 31.1 Å². The minimum absolute atomic E-state index is 0.0895. The third-order valence-electron chi connectivity index (χ3n) is 6.20. The molecule has 4 rings (SSSR count). The molecule has 2 saturated heterocycles. The van der Waals surface area contributed by atoms with Gasteiger partial charge in [0.1, 0.15) is 5.69 Å². The average molecular weight is 464 g/mol. The molecule has 2 aromatic heterocycles. The Labute approximate surface area is 187 Å². The van der Waals surface area contributed by atoms with Gasteiger partial charge in [0.25, 0.3) is 0 Å². The normalized spacial score (nSPS) is 21.7. The topological polar surface area (TPSA) is 83.7 Å². The first-order chi connectivity index (χ1) is 14.9. The van der Waals surface area contributed by atoms with Gasteiger partial charge in [-0.3, -0.25) is 4.79 Å². The number of carbonyl (C=O) groups is 1. The zero-order valence-corrected chi connectivity index (χ0v) is 19.6. The number of amides is 1. The van der Waals surface area contributed by atoms with E-state index in [0.717, 1.165) is 37.2 Å². The number of hydrogen-bond donors (Lipinski definition) is 0. The van der Waals surface area contributed by atoms with Gasteiger partial charge in [-0.2, -0.15) is 4.31 Å². The van der Waals surface area contributed by atoms with Gasteiger partial charge in [-0.15, -0.1) is 11.3 Å². The number of aromatic nitrogens is 1. The molecule has 4 heterocycles. The van der Waals surface area contributed by atoms with Crippen LogP contribution in [0.1, 0.15) is 48.9 Å². The van der Waals surface area contributed by atoms with Crippen LogP contribution in [0.25, 0.3) is 12.2 Å². The summed E-state index contributed by atoms with van der Waals surface area (Å²) in [6.45, 7) is 6.01. The van der Waals surface area contributed by atoms with Gasteiger partial charge in [-0.1, -0.05) is 18.1 Å². The van der Waals surface area contributed by atoms with Gasteiger partial charge in [0.2, 0.25) is 15.9 Å². The molecule has 1 amide bonds. The summed E-state index contributed by atoms with van der Waals surface area (Å²) in [5.74, 6) is 0.669. The van der Waals surface area contributed by atoms with Crippen LogP contribution in [0.5, 0.6) is 0 Å². The monoisotopic (exact) mass is 463 g/mol. The van der Waals surface area contributed by atoms with Crippen LogP contribution in [0.3, 0.4) is 0 Å². The van der Waals surface area contributed by atoms with Crippen molar-refractivity contribution in [1.29, 1.82) is 0 Å². The zero-order valence-electron chi connectivity index (χ0n) is 18.0. The van der Waals surface area contributed by atoms with Crippen molar-refractivity contribution >= 4 is 39.4 Å². The van der Waals surface area contributed by atoms with E-state index < -0.39 is 10.0 Å². The van der Waals surface area contributed by atoms with Crippen molar-refractivity contribution in [3.63, 3.8) is 0 Å². The third-order valence-corrected chi connectivity index (χ3v) is 9.06. The first-order valence-electron chi connectivity index (χ1n) is 10.8. The highest BCUT2D eigenvalue weighted by Crippen LogP contribution is 2.30. The lowest BCUT2D eigenvalue weighted by molar-refractivity contribution is -0.138. The Morgan fingerprint density at radius 2 is 2.00 bits per heavy atom. The second-order valence-corrected chi connectivity index (χ2v) is 11.4. The highest BCUT2D eigenvalue weighted by molar-refractivity contribution is 7.89. The Morgan fingerprint density at radius 1 is 1.23 bits per heavy atom. The van der Waals surface area contributed by atoms with E-state index >= 15 is 0 Å². The summed E-state index contributed by atoms with van der Waals surface area (Å²) in [5, 5.41) is 5.86. The fourth-order valence-electron chi connectivity index (χ4n) is 4.32. The molecule has 9 heteroatoms. The Hall–Kier alpha value is -1.97. The second-order valence-electron chi connectivity index (χ2n) is 8.52. The number of aryl methyl sites for hydroxylation is 1. The van der Waals surface area contributed by atoms with Crippen LogP contribution in [-0.2, 0) is 14.8 Å². The molecule has 2 aromatic rings. The smallest absolute Gasteiger partial charge is 0.248 e. The Kier molecular flexibility index (Phi) is 6.64. The largest absolute Gasteiger partial charge is 0.355 e. The van der Waals surface area contributed by atoms with Crippen LogP contribution >= 0.6 is 11.3 Å². The number of rotatable bonds is 5. The molecule has 0 aromatic carbocycles. The predicted molar refractivity (Wildman–Crippen MR) is 121 cm³/mol. The van der Waals surface area contributed by atoms with Crippen molar-refractivity contribution in [3.05, 3.63) is 33.8 Å². The molecule has 0 bridgehead atoms. The van der Waals surface area contributed by atoms with E-state index in [-0.39, 0.29) is 29.0 Å². The molecule has 0 saturated carbocycles. The number of likely N-dealkylation sites (tertiary alicyclic amines) is 1. The van der Waals surface area contributed by atoms with Crippen LogP contribution in [0.15, 0.2) is 26.9 Å². The van der Waals surface area contributed by atoms with Crippen molar-refractivity contribution in [2.45, 2.75) is 44.4 Å². The third kappa shape index (κ3) is 4.78. The molecule has 1 atom stereocenters. The Morgan fingerprint density at radius 3 is 2.71 bits per heavy atom. The minimum Gasteiger partial charge on any atom is -0.355 e. The van der Waals surface area contributed by atoms with Crippen LogP contribution in [0.2, 0.25) is 0 Å². The molecule has 0 spiro atoms. The second kappa shape index (κ2) is 9.26. The number of carbonyl (C=O) groups excluding carboxylic acids is 1. The fourth-order valence-corrected chi connectivity index (χ4v) is 6.71. The summed E-state index contributed by atoms with van der Waals surface area (Å²) in [6, 6.07) is 3.88. The van der Waals surface area contributed by atoms with Crippen molar-refractivity contribution in [2.75, 3.05) is 26.2 Å². The maximum atomic E-state index is 13.5. The van der Waals surface area contributed by atoms with Crippen LogP contribution < -0.4 is 0 Å². The van der Waals surface area contributed by atoms with Crippen molar-refractivity contribution in [3.8, 4) is 0 Å². The summed E-state index contributed by atoms with van der Waals surface area (Å²) in [5.41, 5.74) is 0.337. The van der Waals surface area contributed by atoms with Crippen molar-refractivity contribution in [2.24, 2.45) is 11.8 Å². The Balaban J connectivity index is 1.52.